The van der Waals surface area contributed by atoms with Crippen molar-refractivity contribution in [1.82, 2.24) is 58.1 Å². The third kappa shape index (κ3) is 12.3. The first-order valence-corrected chi connectivity index (χ1v) is 47.1. The molecule has 17 heteroatoms. The van der Waals surface area contributed by atoms with Crippen LogP contribution < -0.4 is 14.2 Å². The van der Waals surface area contributed by atoms with E-state index in [1.54, 1.807) is 11.8 Å². The number of hydrogen-bond donors (Lipinski definition) is 0. The molecule has 0 radical (unpaired) electrons. The van der Waals surface area contributed by atoms with Crippen LogP contribution in [0, 0.1) is 0 Å². The summed E-state index contributed by atoms with van der Waals surface area (Å²) >= 11 is 1.80. The number of furan rings is 1. The first-order chi connectivity index (χ1) is 68.9. The predicted molar refractivity (Wildman–Crippen MR) is 560 cm³/mol. The number of ether oxygens (including phenoxy) is 3. The summed E-state index contributed by atoms with van der Waals surface area (Å²) < 4.78 is 33.3. The van der Waals surface area contributed by atoms with E-state index in [0.717, 1.165) is 206 Å². The van der Waals surface area contributed by atoms with Gasteiger partial charge in [-0.2, -0.15) is 0 Å². The standard InChI is InChI=1S/C38H21N3O2.C32H19N3O.C26H15N3O.C26H15N3S/c1-4-12-30-24(8-1)27-20-22(23-17-19-34-28(21-23)25-9-2-5-13-32(25)42-34)16-18-31(27)41(30)38-39-29-11-7-15-35-36(29)37(40-38)26-10-3-6-14-33(26)43-35;1-2-9-20(10-3-1)21-17-18-27-24(19-21)22-11-4-6-14-26(22)35(27)32-33-25-13-8-16-29-30(25)31(34-32)23-12-5-7-15-28(23)36-29;2*1-4-12-20-16(8-1)17-9-2-5-13-21(17)29(20)26-27-19-11-7-15-23-24(19)25(28-26)18-10-3-6-14-22(18)30-23/h1-21H;1-19H;2*1-15H. The Morgan fingerprint density at radius 3 is 0.892 bits per heavy atom. The summed E-state index contributed by atoms with van der Waals surface area (Å²) in [5.41, 5.74) is 26.7. The van der Waals surface area contributed by atoms with Gasteiger partial charge in [-0.05, 0) is 192 Å². The molecule has 19 aromatic carbocycles. The first-order valence-electron chi connectivity index (χ1n) is 46.3. The Labute approximate surface area is 795 Å². The van der Waals surface area contributed by atoms with Gasteiger partial charge >= 0.3 is 0 Å². The molecule has 648 valence electrons. The molecule has 13 heterocycles. The molecule has 32 rings (SSSR count). The van der Waals surface area contributed by atoms with Crippen molar-refractivity contribution in [2.24, 2.45) is 0 Å². The molecule has 0 aliphatic carbocycles. The molecule has 0 unspecified atom stereocenters. The van der Waals surface area contributed by atoms with Crippen molar-refractivity contribution in [3.05, 3.63) is 425 Å². The predicted octanol–water partition coefficient (Wildman–Crippen LogP) is 31.6. The molecular formula is C122H70N12O4S. The Balaban J connectivity index is 0.0000000902. The van der Waals surface area contributed by atoms with Crippen LogP contribution in [0.5, 0.6) is 34.5 Å². The van der Waals surface area contributed by atoms with Crippen LogP contribution in [0.3, 0.4) is 0 Å². The number of benzene rings is 19. The smallest absolute Gasteiger partial charge is 0.235 e. The normalized spacial score (nSPS) is 12.3. The molecule has 9 aromatic heterocycles. The van der Waals surface area contributed by atoms with E-state index in [4.69, 9.17) is 58.5 Å². The van der Waals surface area contributed by atoms with Gasteiger partial charge in [-0.1, -0.05) is 267 Å². The molecule has 4 aliphatic rings. The summed E-state index contributed by atoms with van der Waals surface area (Å²) in [4.78, 5) is 43.2. The van der Waals surface area contributed by atoms with Crippen LogP contribution in [0.2, 0.25) is 0 Å². The number of para-hydroxylation sites is 10. The van der Waals surface area contributed by atoms with Crippen molar-refractivity contribution in [3.8, 4) is 126 Å². The third-order valence-electron chi connectivity index (χ3n) is 27.3. The second-order valence-electron chi connectivity index (χ2n) is 35.1. The second kappa shape index (κ2) is 30.9. The van der Waals surface area contributed by atoms with Crippen molar-refractivity contribution in [2.75, 3.05) is 0 Å². The van der Waals surface area contributed by atoms with Gasteiger partial charge in [0.2, 0.25) is 23.8 Å². The summed E-state index contributed by atoms with van der Waals surface area (Å²) in [5, 5.41) is 15.7. The third-order valence-corrected chi connectivity index (χ3v) is 28.4. The van der Waals surface area contributed by atoms with Gasteiger partial charge in [-0.25, -0.2) is 39.9 Å². The maximum atomic E-state index is 6.23. The van der Waals surface area contributed by atoms with E-state index < -0.39 is 0 Å². The summed E-state index contributed by atoms with van der Waals surface area (Å²) in [6.45, 7) is 0. The van der Waals surface area contributed by atoms with E-state index >= 15 is 0 Å². The van der Waals surface area contributed by atoms with Gasteiger partial charge in [0.15, 0.2) is 0 Å². The number of hydrogen-bond acceptors (Lipinski definition) is 13. The Hall–Kier alpha value is -18.7. The van der Waals surface area contributed by atoms with E-state index in [1.807, 2.05) is 127 Å². The van der Waals surface area contributed by atoms with E-state index in [-0.39, 0.29) is 0 Å². The van der Waals surface area contributed by atoms with Crippen LogP contribution in [-0.2, 0) is 0 Å². The zero-order valence-electron chi connectivity index (χ0n) is 73.8. The number of aromatic nitrogens is 12. The molecule has 0 atom stereocenters. The fourth-order valence-corrected chi connectivity index (χ4v) is 22.2. The largest absolute Gasteiger partial charge is 0.456 e. The SMILES string of the molecule is c1ccc(-c2ccc3c(c2)c2ccccc2n3-c2nc3c4c(cccc4n2)Oc2ccccc2-3)cc1.c1ccc2c(c1)Oc1cccc3nc(-n4c5ccccc5c5cc(-c6ccc7oc8ccccc8c7c6)ccc54)nc-2c13.c1ccc2c(c1)Oc1cccc3nc(-n4c5ccccc5c5ccccc54)nc-2c13.c1ccc2c(c1)Sc1cccc3nc(-n4c5ccccc5c5ccccc54)nc-2c13. The summed E-state index contributed by atoms with van der Waals surface area (Å²) in [6, 6.07) is 146. The van der Waals surface area contributed by atoms with E-state index in [0.29, 0.717) is 23.8 Å². The average Bonchev–Trinajstić information content (AvgIpc) is 1.75. The fraction of sp³-hybridized carbons (Fsp3) is 0. The van der Waals surface area contributed by atoms with E-state index in [9.17, 15) is 0 Å². The first kappa shape index (κ1) is 77.8. The molecular weight excluding hydrogens is 1730 g/mol. The van der Waals surface area contributed by atoms with Crippen molar-refractivity contribution in [2.45, 2.75) is 9.79 Å². The molecule has 0 saturated heterocycles. The van der Waals surface area contributed by atoms with E-state index in [1.165, 1.54) is 58.8 Å². The molecule has 0 bridgehead atoms. The van der Waals surface area contributed by atoms with Crippen molar-refractivity contribution < 1.29 is 18.6 Å². The van der Waals surface area contributed by atoms with Gasteiger partial charge in [0.25, 0.3) is 0 Å². The summed E-state index contributed by atoms with van der Waals surface area (Å²) in [6.07, 6.45) is 0. The average molecular weight is 1800 g/mol. The van der Waals surface area contributed by atoms with Gasteiger partial charge < -0.3 is 18.6 Å². The number of rotatable bonds is 6. The van der Waals surface area contributed by atoms with Gasteiger partial charge in [-0.3, -0.25) is 18.3 Å². The number of nitrogens with zero attached hydrogens (tertiary/aromatic N) is 12. The zero-order valence-corrected chi connectivity index (χ0v) is 74.6. The second-order valence-corrected chi connectivity index (χ2v) is 36.2. The van der Waals surface area contributed by atoms with Gasteiger partial charge in [0.1, 0.15) is 45.7 Å². The minimum atomic E-state index is 0.640. The Bertz CT molecular complexity index is 9770. The monoisotopic (exact) mass is 1800 g/mol. The molecule has 0 fully saturated rings. The Morgan fingerprint density at radius 2 is 0.468 bits per heavy atom. The highest BCUT2D eigenvalue weighted by Gasteiger charge is 2.31. The molecule has 0 saturated carbocycles. The highest BCUT2D eigenvalue weighted by molar-refractivity contribution is 7.99. The highest BCUT2D eigenvalue weighted by atomic mass is 32.2. The van der Waals surface area contributed by atoms with Crippen LogP contribution in [-0.4, -0.2) is 58.1 Å². The quantitative estimate of drug-likeness (QED) is 0.155. The van der Waals surface area contributed by atoms with Crippen LogP contribution in [0.25, 0.3) is 244 Å². The lowest BCUT2D eigenvalue weighted by Gasteiger charge is -2.20. The molecule has 0 N–H and O–H groups in total. The van der Waals surface area contributed by atoms with Crippen LogP contribution in [0.15, 0.2) is 439 Å². The molecule has 0 amide bonds. The van der Waals surface area contributed by atoms with E-state index in [2.05, 4.69) is 316 Å². The fourth-order valence-electron chi connectivity index (χ4n) is 21.1. The van der Waals surface area contributed by atoms with Crippen molar-refractivity contribution >= 4 is 165 Å². The molecule has 16 nitrogen and oxygen atoms in total. The Morgan fingerprint density at radius 1 is 0.180 bits per heavy atom. The lowest BCUT2D eigenvalue weighted by molar-refractivity contribution is 0.486. The van der Waals surface area contributed by atoms with Crippen LogP contribution in [0.1, 0.15) is 0 Å². The lowest BCUT2D eigenvalue weighted by Crippen LogP contribution is -2.06. The number of fused-ring (bicyclic) bond motifs is 23. The van der Waals surface area contributed by atoms with Crippen molar-refractivity contribution in [3.63, 3.8) is 0 Å². The minimum absolute atomic E-state index is 0.640. The van der Waals surface area contributed by atoms with Crippen molar-refractivity contribution in [1.29, 1.82) is 0 Å². The molecule has 139 heavy (non-hydrogen) atoms. The zero-order chi connectivity index (χ0) is 91.0. The maximum Gasteiger partial charge on any atom is 0.235 e. The van der Waals surface area contributed by atoms with Crippen LogP contribution >= 0.6 is 11.8 Å². The molecule has 28 aromatic rings. The Kier molecular flexibility index (Phi) is 17.3. The van der Waals surface area contributed by atoms with Gasteiger partial charge in [0.05, 0.1) is 105 Å². The summed E-state index contributed by atoms with van der Waals surface area (Å²) in [7, 11) is 0. The van der Waals surface area contributed by atoms with Gasteiger partial charge in [-0.15, -0.1) is 0 Å². The molecule has 0 spiro atoms. The maximum absolute atomic E-state index is 6.23. The molecule has 4 aliphatic heterocycles. The summed E-state index contributed by atoms with van der Waals surface area (Å²) in [5.74, 6) is 7.51. The lowest BCUT2D eigenvalue weighted by atomic mass is 10.0. The van der Waals surface area contributed by atoms with Crippen LogP contribution in [0.4, 0.5) is 0 Å². The highest BCUT2D eigenvalue weighted by Crippen LogP contribution is 2.53. The minimum Gasteiger partial charge on any atom is -0.456 e. The topological polar surface area (TPSA) is 164 Å². The van der Waals surface area contributed by atoms with Gasteiger partial charge in [0, 0.05) is 91.3 Å².